The van der Waals surface area contributed by atoms with Gasteiger partial charge in [-0.3, -0.25) is 14.5 Å². The molecule has 0 saturated heterocycles. The molecule has 1 amide bonds. The van der Waals surface area contributed by atoms with Crippen LogP contribution in [0.15, 0.2) is 44.6 Å². The number of amides is 1. The number of aryl methyl sites for hydroxylation is 1. The van der Waals surface area contributed by atoms with E-state index in [0.29, 0.717) is 17.6 Å². The first-order valence-corrected chi connectivity index (χ1v) is 11.7. The molecular weight excluding hydrogens is 431 g/mol. The zero-order valence-electron chi connectivity index (χ0n) is 19.4. The molecule has 0 aliphatic heterocycles. The number of halogens is 1. The summed E-state index contributed by atoms with van der Waals surface area (Å²) >= 11 is 1.57. The normalized spacial score (nSPS) is 19.9. The first-order chi connectivity index (χ1) is 15.2. The van der Waals surface area contributed by atoms with Crippen LogP contribution in [0.5, 0.6) is 0 Å². The van der Waals surface area contributed by atoms with Crippen molar-refractivity contribution in [2.24, 2.45) is 17.3 Å². The largest absolute Gasteiger partial charge is 0.349 e. The predicted octanol–water partition coefficient (Wildman–Crippen LogP) is 6.01. The molecule has 2 aromatic rings. The molecule has 1 heterocycles. The van der Waals surface area contributed by atoms with Gasteiger partial charge >= 0.3 is 6.47 Å². The Balaban J connectivity index is 0.000000837. The molecule has 1 saturated carbocycles. The number of carbonyl (C=O) groups excluding carboxylic acids is 2. The summed E-state index contributed by atoms with van der Waals surface area (Å²) in [5.74, 6) is 1.44. The molecule has 1 aliphatic carbocycles. The summed E-state index contributed by atoms with van der Waals surface area (Å²) in [4.78, 5) is 25.8. The van der Waals surface area contributed by atoms with Gasteiger partial charge in [0.2, 0.25) is 5.76 Å². The number of aromatic nitrogens is 1. The van der Waals surface area contributed by atoms with Gasteiger partial charge in [0.15, 0.2) is 0 Å². The first kappa shape index (κ1) is 25.9. The van der Waals surface area contributed by atoms with Crippen LogP contribution in [0.3, 0.4) is 0 Å². The molecule has 0 bridgehead atoms. The van der Waals surface area contributed by atoms with Crippen molar-refractivity contribution in [1.82, 2.24) is 10.5 Å². The summed E-state index contributed by atoms with van der Waals surface area (Å²) in [6.07, 6.45) is 4.01. The Morgan fingerprint density at radius 3 is 2.53 bits per heavy atom. The third-order valence-corrected chi connectivity index (χ3v) is 6.94. The van der Waals surface area contributed by atoms with Crippen molar-refractivity contribution in [3.8, 4) is 0 Å². The van der Waals surface area contributed by atoms with Crippen molar-refractivity contribution in [2.75, 3.05) is 0 Å². The van der Waals surface area contributed by atoms with Gasteiger partial charge in [0.1, 0.15) is 0 Å². The van der Waals surface area contributed by atoms with Crippen LogP contribution < -0.4 is 5.32 Å². The second kappa shape index (κ2) is 12.0. The second-order valence-electron chi connectivity index (χ2n) is 9.29. The Morgan fingerprint density at radius 1 is 1.34 bits per heavy atom. The SMILES string of the molecule is CCC1CC(NC(=O)c2onc(CCC(C)(C)C)c2Sc2ccccc2)C1C.O=COF. The van der Waals surface area contributed by atoms with Crippen LogP contribution in [0.1, 0.15) is 70.1 Å². The lowest BCUT2D eigenvalue weighted by molar-refractivity contribution is -0.165. The molecule has 0 radical (unpaired) electrons. The maximum Gasteiger partial charge on any atom is 0.337 e. The van der Waals surface area contributed by atoms with Crippen molar-refractivity contribution in [1.29, 1.82) is 0 Å². The average Bonchev–Trinajstić information content (AvgIpc) is 3.17. The van der Waals surface area contributed by atoms with Gasteiger partial charge in [0, 0.05) is 15.5 Å². The molecule has 3 rings (SSSR count). The molecule has 3 unspecified atom stereocenters. The molecule has 3 atom stereocenters. The van der Waals surface area contributed by atoms with Crippen LogP contribution in [0, 0.1) is 17.3 Å². The van der Waals surface area contributed by atoms with Gasteiger partial charge in [-0.2, -0.15) is 0 Å². The number of hydrogen-bond acceptors (Lipinski definition) is 6. The van der Waals surface area contributed by atoms with E-state index >= 15 is 0 Å². The molecule has 1 aromatic heterocycles. The van der Waals surface area contributed by atoms with E-state index in [2.05, 4.69) is 50.0 Å². The smallest absolute Gasteiger partial charge is 0.337 e. The summed E-state index contributed by atoms with van der Waals surface area (Å²) in [5.41, 5.74) is 1.08. The molecule has 176 valence electrons. The zero-order chi connectivity index (χ0) is 23.7. The minimum atomic E-state index is -0.292. The highest BCUT2D eigenvalue weighted by molar-refractivity contribution is 7.99. The zero-order valence-corrected chi connectivity index (χ0v) is 20.2. The topological polar surface area (TPSA) is 81.4 Å². The Morgan fingerprint density at radius 2 is 2.00 bits per heavy atom. The minimum Gasteiger partial charge on any atom is -0.349 e. The fourth-order valence-electron chi connectivity index (χ4n) is 3.67. The van der Waals surface area contributed by atoms with E-state index in [1.54, 1.807) is 11.8 Å². The number of nitrogens with one attached hydrogen (secondary N) is 1. The monoisotopic (exact) mass is 464 g/mol. The molecule has 8 heteroatoms. The fraction of sp³-hybridized carbons (Fsp3) is 0.542. The van der Waals surface area contributed by atoms with Gasteiger partial charge in [0.05, 0.1) is 10.6 Å². The van der Waals surface area contributed by atoms with E-state index in [0.717, 1.165) is 34.7 Å². The highest BCUT2D eigenvalue weighted by Gasteiger charge is 2.38. The van der Waals surface area contributed by atoms with Gasteiger partial charge in [-0.15, -0.1) is 0 Å². The Labute approximate surface area is 193 Å². The van der Waals surface area contributed by atoms with E-state index in [-0.39, 0.29) is 23.8 Å². The number of hydrogen-bond donors (Lipinski definition) is 1. The molecular formula is C24H33FN2O4S. The number of rotatable bonds is 8. The summed E-state index contributed by atoms with van der Waals surface area (Å²) in [6.45, 7) is 10.8. The Kier molecular flexibility index (Phi) is 9.75. The highest BCUT2D eigenvalue weighted by Crippen LogP contribution is 2.38. The number of benzene rings is 1. The Bertz CT molecular complexity index is 867. The molecule has 0 spiro atoms. The number of carbonyl (C=O) groups is 2. The molecule has 1 aromatic carbocycles. The third-order valence-electron chi connectivity index (χ3n) is 5.81. The van der Waals surface area contributed by atoms with Crippen LogP contribution in [-0.4, -0.2) is 23.6 Å². The highest BCUT2D eigenvalue weighted by atomic mass is 32.2. The lowest BCUT2D eigenvalue weighted by Crippen LogP contribution is -2.51. The molecule has 1 fully saturated rings. The van der Waals surface area contributed by atoms with Gasteiger partial charge in [-0.05, 0) is 48.6 Å². The third kappa shape index (κ3) is 7.36. The van der Waals surface area contributed by atoms with Gasteiger partial charge in [-0.1, -0.05) is 76.2 Å². The minimum absolute atomic E-state index is 0.139. The maximum absolute atomic E-state index is 13.0. The van der Waals surface area contributed by atoms with E-state index < -0.39 is 0 Å². The molecule has 1 aliphatic rings. The summed E-state index contributed by atoms with van der Waals surface area (Å²) < 4.78 is 15.4. The average molecular weight is 465 g/mol. The standard InChI is InChI=1S/C23H32N2O2S.CHFO2/c1-6-16-14-19(15(16)2)24-22(26)20-21(28-17-10-8-7-9-11-17)18(25-27-20)12-13-23(3,4)5;2-4-1-3/h7-11,15-16,19H,6,12-14H2,1-5H3,(H,24,26);1H. The summed E-state index contributed by atoms with van der Waals surface area (Å²) in [6, 6.07) is 10.3. The summed E-state index contributed by atoms with van der Waals surface area (Å²) in [7, 11) is 0. The molecule has 32 heavy (non-hydrogen) atoms. The van der Waals surface area contributed by atoms with Gasteiger partial charge in [-0.25, -0.2) is 0 Å². The van der Waals surface area contributed by atoms with Crippen molar-refractivity contribution in [2.45, 2.75) is 76.1 Å². The second-order valence-corrected chi connectivity index (χ2v) is 10.4. The van der Waals surface area contributed by atoms with Crippen LogP contribution in [0.4, 0.5) is 4.53 Å². The van der Waals surface area contributed by atoms with Crippen molar-refractivity contribution < 1.29 is 23.6 Å². The van der Waals surface area contributed by atoms with Crippen molar-refractivity contribution in [3.63, 3.8) is 0 Å². The quantitative estimate of drug-likeness (QED) is 0.482. The lowest BCUT2D eigenvalue weighted by atomic mass is 9.69. The van der Waals surface area contributed by atoms with Crippen LogP contribution in [0.25, 0.3) is 0 Å². The van der Waals surface area contributed by atoms with Crippen molar-refractivity contribution >= 4 is 24.1 Å². The fourth-order valence-corrected chi connectivity index (χ4v) is 4.68. The lowest BCUT2D eigenvalue weighted by Gasteiger charge is -2.42. The van der Waals surface area contributed by atoms with E-state index in [4.69, 9.17) is 9.32 Å². The van der Waals surface area contributed by atoms with E-state index in [9.17, 15) is 9.32 Å². The molecule has 6 nitrogen and oxygen atoms in total. The van der Waals surface area contributed by atoms with E-state index in [1.807, 2.05) is 30.3 Å². The molecule has 1 N–H and O–H groups in total. The van der Waals surface area contributed by atoms with Gasteiger partial charge < -0.3 is 9.84 Å². The van der Waals surface area contributed by atoms with Crippen LogP contribution >= 0.6 is 11.8 Å². The predicted molar refractivity (Wildman–Crippen MR) is 122 cm³/mol. The van der Waals surface area contributed by atoms with Gasteiger partial charge in [0.25, 0.3) is 5.91 Å². The first-order valence-electron chi connectivity index (χ1n) is 10.9. The summed E-state index contributed by atoms with van der Waals surface area (Å²) in [5, 5.41) is 7.45. The van der Waals surface area contributed by atoms with Crippen LogP contribution in [-0.2, 0) is 16.2 Å². The van der Waals surface area contributed by atoms with Crippen LogP contribution in [0.2, 0.25) is 0 Å². The Hall–Kier alpha value is -2.35. The number of nitrogens with zero attached hydrogens (tertiary/aromatic N) is 1. The maximum atomic E-state index is 13.0. The van der Waals surface area contributed by atoms with E-state index in [1.165, 1.54) is 6.42 Å². The van der Waals surface area contributed by atoms with Crippen molar-refractivity contribution in [3.05, 3.63) is 41.8 Å².